The van der Waals surface area contributed by atoms with Crippen LogP contribution < -0.4 is 25.1 Å². The maximum Gasteiger partial charge on any atom is 0.338 e. The predicted molar refractivity (Wildman–Crippen MR) is 149 cm³/mol. The molecule has 1 unspecified atom stereocenters. The molecule has 1 aromatic heterocycles. The summed E-state index contributed by atoms with van der Waals surface area (Å²) >= 11 is 1.29. The molecule has 0 spiro atoms. The van der Waals surface area contributed by atoms with Crippen molar-refractivity contribution in [1.82, 2.24) is 4.57 Å². The molecule has 2 N–H and O–H groups in total. The number of thiazole rings is 1. The Morgan fingerprint density at radius 3 is 2.46 bits per heavy atom. The summed E-state index contributed by atoms with van der Waals surface area (Å²) in [5.41, 5.74) is 6.01. The first-order chi connectivity index (χ1) is 19.0. The van der Waals surface area contributed by atoms with Crippen molar-refractivity contribution in [2.75, 3.05) is 12.1 Å². The lowest BCUT2D eigenvalue weighted by atomic mass is 9.96. The van der Waals surface area contributed by atoms with Crippen molar-refractivity contribution >= 4 is 29.1 Å². The summed E-state index contributed by atoms with van der Waals surface area (Å²) in [7, 11) is 0. The van der Waals surface area contributed by atoms with Crippen LogP contribution in [0.5, 0.6) is 5.75 Å². The van der Waals surface area contributed by atoms with Crippen LogP contribution in [0.15, 0.2) is 99.9 Å². The number of esters is 1. The van der Waals surface area contributed by atoms with E-state index in [2.05, 4.69) is 10.5 Å². The third-order valence-electron chi connectivity index (χ3n) is 6.30. The van der Waals surface area contributed by atoms with Crippen LogP contribution in [0, 0.1) is 0 Å². The van der Waals surface area contributed by atoms with Crippen LogP contribution in [0.3, 0.4) is 0 Å². The van der Waals surface area contributed by atoms with E-state index < -0.39 is 12.0 Å². The lowest BCUT2D eigenvalue weighted by Gasteiger charge is -2.24. The molecular weight excluding hydrogens is 514 g/mol. The molecule has 0 fully saturated rings. The molecule has 9 heteroatoms. The first-order valence-electron chi connectivity index (χ1n) is 12.4. The number of benzene rings is 3. The molecule has 0 saturated heterocycles. The van der Waals surface area contributed by atoms with Gasteiger partial charge in [-0.05, 0) is 60.9 Å². The summed E-state index contributed by atoms with van der Waals surface area (Å²) < 4.78 is 13.3. The van der Waals surface area contributed by atoms with Crippen LogP contribution in [-0.2, 0) is 16.1 Å². The van der Waals surface area contributed by atoms with Crippen LogP contribution in [0.2, 0.25) is 0 Å². The van der Waals surface area contributed by atoms with Gasteiger partial charge in [-0.1, -0.05) is 65.9 Å². The first kappa shape index (κ1) is 26.1. The van der Waals surface area contributed by atoms with Crippen LogP contribution >= 0.6 is 11.3 Å². The fourth-order valence-electron chi connectivity index (χ4n) is 4.40. The van der Waals surface area contributed by atoms with Gasteiger partial charge in [-0.2, -0.15) is 0 Å². The standard InChI is InChI=1S/C30H27N3O5S/c1-3-37-29(35)26-19(2)31-30-33(27(26)22-7-5-4-6-8-22)28(34)25(39-30)17-20-11-15-24(16-12-20)38-18-21-9-13-23(32-36)14-10-21/h4-17,27,32,36H,3,18H2,1-2H3. The normalized spacial score (nSPS) is 14.9. The van der Waals surface area contributed by atoms with Crippen LogP contribution in [-0.4, -0.2) is 22.4 Å². The molecule has 0 radical (unpaired) electrons. The second-order valence-corrected chi connectivity index (χ2v) is 9.89. The van der Waals surface area contributed by atoms with Crippen molar-refractivity contribution in [3.8, 4) is 5.75 Å². The summed E-state index contributed by atoms with van der Waals surface area (Å²) in [6.07, 6.45) is 1.82. The van der Waals surface area contributed by atoms with Gasteiger partial charge in [0.05, 0.1) is 34.1 Å². The minimum Gasteiger partial charge on any atom is -0.489 e. The molecular formula is C30H27N3O5S. The SMILES string of the molecule is CCOC(=O)C1=C(C)N=c2sc(=Cc3ccc(OCc4ccc(NO)cc4)cc3)c(=O)n2C1c1ccccc1. The molecule has 39 heavy (non-hydrogen) atoms. The maximum absolute atomic E-state index is 13.7. The Labute approximate surface area is 228 Å². The zero-order chi connectivity index (χ0) is 27.4. The Morgan fingerprint density at radius 2 is 1.79 bits per heavy atom. The number of carbonyl (C=O) groups is 1. The van der Waals surface area contributed by atoms with Crippen LogP contribution in [0.1, 0.15) is 36.6 Å². The lowest BCUT2D eigenvalue weighted by Crippen LogP contribution is -2.39. The van der Waals surface area contributed by atoms with E-state index in [1.54, 1.807) is 30.5 Å². The highest BCUT2D eigenvalue weighted by Crippen LogP contribution is 2.30. The second kappa shape index (κ2) is 11.5. The zero-order valence-corrected chi connectivity index (χ0v) is 22.3. The molecule has 0 bridgehead atoms. The van der Waals surface area contributed by atoms with Gasteiger partial charge in [0, 0.05) is 0 Å². The van der Waals surface area contributed by atoms with E-state index in [1.165, 1.54) is 11.3 Å². The van der Waals surface area contributed by atoms with Crippen molar-refractivity contribution in [1.29, 1.82) is 0 Å². The molecule has 0 amide bonds. The number of hydrogen-bond donors (Lipinski definition) is 2. The van der Waals surface area contributed by atoms with Crippen molar-refractivity contribution in [2.45, 2.75) is 26.5 Å². The van der Waals surface area contributed by atoms with Crippen LogP contribution in [0.4, 0.5) is 5.69 Å². The number of fused-ring (bicyclic) bond motifs is 1. The Kier molecular flexibility index (Phi) is 7.72. The highest BCUT2D eigenvalue weighted by Gasteiger charge is 2.33. The maximum atomic E-state index is 13.7. The number of anilines is 1. The highest BCUT2D eigenvalue weighted by molar-refractivity contribution is 7.07. The summed E-state index contributed by atoms with van der Waals surface area (Å²) in [5, 5.41) is 8.93. The van der Waals surface area contributed by atoms with E-state index in [0.717, 1.165) is 16.7 Å². The molecule has 1 atom stereocenters. The molecule has 198 valence electrons. The van der Waals surface area contributed by atoms with E-state index in [0.29, 0.717) is 38.6 Å². The number of aromatic nitrogens is 1. The molecule has 5 rings (SSSR count). The Balaban J connectivity index is 1.45. The third-order valence-corrected chi connectivity index (χ3v) is 7.28. The van der Waals surface area contributed by atoms with Gasteiger partial charge in [0.2, 0.25) is 0 Å². The molecule has 0 saturated carbocycles. The summed E-state index contributed by atoms with van der Waals surface area (Å²) in [5.74, 6) is 0.218. The van der Waals surface area contributed by atoms with Gasteiger partial charge in [-0.25, -0.2) is 9.79 Å². The largest absolute Gasteiger partial charge is 0.489 e. The van der Waals surface area contributed by atoms with E-state index in [-0.39, 0.29) is 12.2 Å². The first-order valence-corrected chi connectivity index (χ1v) is 13.3. The van der Waals surface area contributed by atoms with Crippen molar-refractivity contribution in [2.24, 2.45) is 4.99 Å². The minimum absolute atomic E-state index is 0.219. The van der Waals surface area contributed by atoms with Gasteiger partial charge in [-0.15, -0.1) is 0 Å². The molecule has 0 aliphatic carbocycles. The fourth-order valence-corrected chi connectivity index (χ4v) is 5.44. The number of carbonyl (C=O) groups excluding carboxylic acids is 1. The third kappa shape index (κ3) is 5.55. The molecule has 8 nitrogen and oxygen atoms in total. The average Bonchev–Trinajstić information content (AvgIpc) is 3.26. The van der Waals surface area contributed by atoms with E-state index in [1.807, 2.05) is 72.8 Å². The predicted octanol–water partition coefficient (Wildman–Crippen LogP) is 4.18. The van der Waals surface area contributed by atoms with Gasteiger partial charge >= 0.3 is 5.97 Å². The molecule has 4 aromatic rings. The highest BCUT2D eigenvalue weighted by atomic mass is 32.1. The Hall–Kier alpha value is -4.47. The topological polar surface area (TPSA) is 102 Å². The Morgan fingerprint density at radius 1 is 1.08 bits per heavy atom. The second-order valence-electron chi connectivity index (χ2n) is 8.88. The van der Waals surface area contributed by atoms with Gasteiger partial charge in [0.1, 0.15) is 12.4 Å². The number of allylic oxidation sites excluding steroid dienone is 1. The van der Waals surface area contributed by atoms with E-state index in [9.17, 15) is 9.59 Å². The average molecular weight is 542 g/mol. The van der Waals surface area contributed by atoms with Gasteiger partial charge in [-0.3, -0.25) is 20.0 Å². The molecule has 2 heterocycles. The van der Waals surface area contributed by atoms with E-state index >= 15 is 0 Å². The molecule has 1 aliphatic heterocycles. The molecule has 3 aromatic carbocycles. The van der Waals surface area contributed by atoms with Gasteiger partial charge < -0.3 is 9.47 Å². The lowest BCUT2D eigenvalue weighted by molar-refractivity contribution is -0.139. The number of nitrogens with one attached hydrogen (secondary N) is 1. The molecule has 1 aliphatic rings. The van der Waals surface area contributed by atoms with Crippen molar-refractivity contribution in [3.63, 3.8) is 0 Å². The van der Waals surface area contributed by atoms with Gasteiger partial charge in [0.15, 0.2) is 4.80 Å². The number of ether oxygens (including phenoxy) is 2. The Bertz CT molecular complexity index is 1690. The monoisotopic (exact) mass is 541 g/mol. The summed E-state index contributed by atoms with van der Waals surface area (Å²) in [4.78, 5) is 31.7. The fraction of sp³-hybridized carbons (Fsp3) is 0.167. The quantitative estimate of drug-likeness (QED) is 0.256. The van der Waals surface area contributed by atoms with Crippen molar-refractivity contribution < 1.29 is 19.5 Å². The van der Waals surface area contributed by atoms with Crippen LogP contribution in [0.25, 0.3) is 6.08 Å². The number of nitrogens with zero attached hydrogens (tertiary/aromatic N) is 2. The summed E-state index contributed by atoms with van der Waals surface area (Å²) in [6, 6.07) is 23.6. The zero-order valence-electron chi connectivity index (χ0n) is 21.5. The minimum atomic E-state index is -0.623. The number of rotatable bonds is 8. The summed E-state index contributed by atoms with van der Waals surface area (Å²) in [6.45, 7) is 4.14. The smallest absolute Gasteiger partial charge is 0.338 e. The van der Waals surface area contributed by atoms with E-state index in [4.69, 9.17) is 14.7 Å². The van der Waals surface area contributed by atoms with Gasteiger partial charge in [0.25, 0.3) is 5.56 Å². The number of hydrogen-bond acceptors (Lipinski definition) is 8. The van der Waals surface area contributed by atoms with Crippen molar-refractivity contribution in [3.05, 3.63) is 127 Å².